The van der Waals surface area contributed by atoms with E-state index in [1.807, 2.05) is 37.3 Å². The number of pyridine rings is 1. The van der Waals surface area contributed by atoms with Crippen molar-refractivity contribution in [1.29, 1.82) is 0 Å². The molecule has 2 aromatic heterocycles. The minimum absolute atomic E-state index is 0. The lowest BCUT2D eigenvalue weighted by molar-refractivity contribution is 0.164. The molecule has 4 aromatic rings. The Labute approximate surface area is 235 Å². The largest absolute Gasteiger partial charge is 0.437 e. The number of benzene rings is 2. The molecule has 1 aliphatic carbocycles. The molecule has 3 heterocycles. The Kier molecular flexibility index (Phi) is 8.45. The summed E-state index contributed by atoms with van der Waals surface area (Å²) in [6, 6.07) is 16.4. The van der Waals surface area contributed by atoms with Gasteiger partial charge in [0.25, 0.3) is 0 Å². The van der Waals surface area contributed by atoms with E-state index in [1.54, 1.807) is 12.4 Å². The van der Waals surface area contributed by atoms with Crippen molar-refractivity contribution in [1.82, 2.24) is 20.3 Å². The SMILES string of the molecule is Cc1ccc2c(NC[C@H](O)C3CC3)cccc2c1Oc1ncccc1-c1ccnc(NC2CCCNC2)n1.Cl. The number of hydrogen-bond donors (Lipinski definition) is 4. The standard InChI is InChI=1S/C30H34N6O2.ClH/c1-19-9-12-22-23(6-2-8-25(22)34-18-27(37)20-10-11-20)28(19)38-29-24(7-4-15-32-29)26-13-16-33-30(36-26)35-21-5-3-14-31-17-21;/h2,4,6-9,12-13,15-16,20-21,27,31,34,37H,3,5,10-11,14,17-18H2,1H3,(H,33,35,36);1H/t21?,27-;/m0./s1. The van der Waals surface area contributed by atoms with Gasteiger partial charge >= 0.3 is 0 Å². The van der Waals surface area contributed by atoms with E-state index >= 15 is 0 Å². The van der Waals surface area contributed by atoms with E-state index < -0.39 is 0 Å². The number of rotatable bonds is 9. The van der Waals surface area contributed by atoms with Crippen LogP contribution >= 0.6 is 12.4 Å². The Morgan fingerprint density at radius 2 is 1.92 bits per heavy atom. The van der Waals surface area contributed by atoms with Crippen molar-refractivity contribution >= 4 is 34.8 Å². The molecule has 1 unspecified atom stereocenters. The fraction of sp³-hybridized carbons (Fsp3) is 0.367. The summed E-state index contributed by atoms with van der Waals surface area (Å²) < 4.78 is 6.55. The third-order valence-electron chi connectivity index (χ3n) is 7.41. The van der Waals surface area contributed by atoms with Crippen LogP contribution < -0.4 is 20.7 Å². The summed E-state index contributed by atoms with van der Waals surface area (Å²) in [4.78, 5) is 13.8. The van der Waals surface area contributed by atoms with Gasteiger partial charge in [-0.05, 0) is 74.9 Å². The smallest absolute Gasteiger partial charge is 0.228 e. The highest BCUT2D eigenvalue weighted by Crippen LogP contribution is 2.39. The maximum Gasteiger partial charge on any atom is 0.228 e. The summed E-state index contributed by atoms with van der Waals surface area (Å²) in [5.74, 6) is 2.29. The molecule has 2 fully saturated rings. The Morgan fingerprint density at radius 3 is 2.74 bits per heavy atom. The summed E-state index contributed by atoms with van der Waals surface area (Å²) in [5.41, 5.74) is 3.55. The summed E-state index contributed by atoms with van der Waals surface area (Å²) in [7, 11) is 0. The van der Waals surface area contributed by atoms with Gasteiger partial charge in [0.05, 0.1) is 17.4 Å². The van der Waals surface area contributed by atoms with Crippen molar-refractivity contribution in [3.8, 4) is 22.9 Å². The Hall–Kier alpha value is -3.46. The molecule has 39 heavy (non-hydrogen) atoms. The first-order chi connectivity index (χ1) is 18.7. The molecular formula is C30H35ClN6O2. The number of nitrogens with zero attached hydrogens (tertiary/aromatic N) is 3. The predicted octanol–water partition coefficient (Wildman–Crippen LogP) is 5.56. The highest BCUT2D eigenvalue weighted by Gasteiger charge is 2.29. The van der Waals surface area contributed by atoms with Gasteiger partial charge in [0.1, 0.15) is 5.75 Å². The fourth-order valence-corrected chi connectivity index (χ4v) is 5.09. The van der Waals surface area contributed by atoms with E-state index in [2.05, 4.69) is 44.1 Å². The average Bonchev–Trinajstić information content (AvgIpc) is 3.80. The van der Waals surface area contributed by atoms with Crippen molar-refractivity contribution in [2.24, 2.45) is 5.92 Å². The molecule has 204 valence electrons. The number of aliphatic hydroxyl groups excluding tert-OH is 1. The number of hydrogen-bond acceptors (Lipinski definition) is 8. The number of anilines is 2. The van der Waals surface area contributed by atoms with Crippen molar-refractivity contribution in [2.45, 2.75) is 44.8 Å². The third-order valence-corrected chi connectivity index (χ3v) is 7.41. The molecule has 1 saturated carbocycles. The van der Waals surface area contributed by atoms with E-state index in [4.69, 9.17) is 9.72 Å². The topological polar surface area (TPSA) is 104 Å². The van der Waals surface area contributed by atoms with Crippen LogP contribution in [0.2, 0.25) is 0 Å². The van der Waals surface area contributed by atoms with Gasteiger partial charge in [-0.2, -0.15) is 0 Å². The lowest BCUT2D eigenvalue weighted by Crippen LogP contribution is -2.38. The third kappa shape index (κ3) is 6.24. The molecule has 1 aliphatic heterocycles. The molecule has 8 nitrogen and oxygen atoms in total. The monoisotopic (exact) mass is 546 g/mol. The summed E-state index contributed by atoms with van der Waals surface area (Å²) in [6.07, 6.45) is 7.66. The van der Waals surface area contributed by atoms with Gasteiger partial charge in [-0.15, -0.1) is 12.4 Å². The van der Waals surface area contributed by atoms with Crippen molar-refractivity contribution < 1.29 is 9.84 Å². The maximum absolute atomic E-state index is 10.4. The molecule has 0 radical (unpaired) electrons. The number of ether oxygens (including phenoxy) is 1. The molecule has 4 N–H and O–H groups in total. The van der Waals surface area contributed by atoms with Crippen LogP contribution in [-0.2, 0) is 0 Å². The number of aliphatic hydroxyl groups is 1. The van der Waals surface area contributed by atoms with Crippen molar-refractivity contribution in [2.75, 3.05) is 30.3 Å². The second-order valence-corrected chi connectivity index (χ2v) is 10.3. The number of aromatic nitrogens is 3. The number of aryl methyl sites for hydroxylation is 1. The number of halogens is 1. The highest BCUT2D eigenvalue weighted by atomic mass is 35.5. The van der Waals surface area contributed by atoms with Crippen LogP contribution in [-0.4, -0.2) is 51.8 Å². The summed E-state index contributed by atoms with van der Waals surface area (Å²) >= 11 is 0. The second-order valence-electron chi connectivity index (χ2n) is 10.3. The van der Waals surface area contributed by atoms with Crippen LogP contribution in [0.5, 0.6) is 11.6 Å². The minimum Gasteiger partial charge on any atom is -0.437 e. The maximum atomic E-state index is 10.4. The molecule has 6 rings (SSSR count). The summed E-state index contributed by atoms with van der Waals surface area (Å²) in [6.45, 7) is 4.55. The van der Waals surface area contributed by atoms with Gasteiger partial charge in [0.2, 0.25) is 11.8 Å². The molecule has 0 bridgehead atoms. The van der Waals surface area contributed by atoms with Gasteiger partial charge in [0.15, 0.2) is 0 Å². The van der Waals surface area contributed by atoms with E-state index in [9.17, 15) is 5.11 Å². The van der Waals surface area contributed by atoms with E-state index in [0.29, 0.717) is 30.3 Å². The first-order valence-corrected chi connectivity index (χ1v) is 13.5. The van der Waals surface area contributed by atoms with Gasteiger partial charge in [-0.25, -0.2) is 15.0 Å². The van der Waals surface area contributed by atoms with Crippen molar-refractivity contribution in [3.63, 3.8) is 0 Å². The van der Waals surface area contributed by atoms with Gasteiger partial charge in [-0.1, -0.05) is 24.3 Å². The highest BCUT2D eigenvalue weighted by molar-refractivity contribution is 5.98. The predicted molar refractivity (Wildman–Crippen MR) is 158 cm³/mol. The molecule has 1 saturated heterocycles. The lowest BCUT2D eigenvalue weighted by Gasteiger charge is -2.23. The van der Waals surface area contributed by atoms with Crippen LogP contribution in [0.1, 0.15) is 31.2 Å². The molecule has 2 aromatic carbocycles. The number of nitrogens with one attached hydrogen (secondary N) is 3. The molecule has 2 aliphatic rings. The fourth-order valence-electron chi connectivity index (χ4n) is 5.09. The molecule has 0 amide bonds. The number of piperidine rings is 1. The second kappa shape index (κ2) is 12.2. The van der Waals surface area contributed by atoms with E-state index in [1.165, 1.54) is 0 Å². The molecule has 9 heteroatoms. The Bertz CT molecular complexity index is 1420. The van der Waals surface area contributed by atoms with Crippen LogP contribution in [0, 0.1) is 12.8 Å². The van der Waals surface area contributed by atoms with E-state index in [0.717, 1.165) is 77.8 Å². The quantitative estimate of drug-likeness (QED) is 0.216. The Morgan fingerprint density at radius 1 is 1.03 bits per heavy atom. The van der Waals surface area contributed by atoms with Crippen molar-refractivity contribution in [3.05, 3.63) is 66.5 Å². The van der Waals surface area contributed by atoms with Crippen LogP contribution in [0.15, 0.2) is 60.9 Å². The van der Waals surface area contributed by atoms with Crippen LogP contribution in [0.4, 0.5) is 11.6 Å². The first-order valence-electron chi connectivity index (χ1n) is 13.5. The van der Waals surface area contributed by atoms with Gasteiger partial charge in [-0.3, -0.25) is 0 Å². The van der Waals surface area contributed by atoms with Crippen LogP contribution in [0.25, 0.3) is 22.0 Å². The summed E-state index contributed by atoms with van der Waals surface area (Å²) in [5, 5.41) is 22.7. The zero-order valence-electron chi connectivity index (χ0n) is 22.1. The van der Waals surface area contributed by atoms with Crippen LogP contribution in [0.3, 0.4) is 0 Å². The normalized spacial score (nSPS) is 17.7. The Balaban J connectivity index is 0.00000308. The zero-order chi connectivity index (χ0) is 25.9. The number of fused-ring (bicyclic) bond motifs is 1. The molecule has 0 spiro atoms. The minimum atomic E-state index is -0.316. The van der Waals surface area contributed by atoms with E-state index in [-0.39, 0.29) is 18.5 Å². The average molecular weight is 547 g/mol. The van der Waals surface area contributed by atoms with Gasteiger partial charge in [0, 0.05) is 48.0 Å². The zero-order valence-corrected chi connectivity index (χ0v) is 22.9. The lowest BCUT2D eigenvalue weighted by atomic mass is 10.0. The van der Waals surface area contributed by atoms with Gasteiger partial charge < -0.3 is 25.8 Å². The first kappa shape index (κ1) is 27.1. The molecular weight excluding hydrogens is 512 g/mol. The molecule has 2 atom stereocenters.